The Kier molecular flexibility index (Phi) is 8.52. The number of pyridine rings is 1. The van der Waals surface area contributed by atoms with Crippen LogP contribution in [0.1, 0.15) is 37.3 Å². The predicted octanol–water partition coefficient (Wildman–Crippen LogP) is 12.7. The molecule has 0 amide bonds. The summed E-state index contributed by atoms with van der Waals surface area (Å²) in [6, 6.07) is 46.1. The fourth-order valence-electron chi connectivity index (χ4n) is 7.65. The average Bonchev–Trinajstić information content (AvgIpc) is 3.16. The number of hydrogen-bond donors (Lipinski definition) is 0. The highest BCUT2D eigenvalue weighted by Gasteiger charge is 2.20. The van der Waals surface area contributed by atoms with Gasteiger partial charge in [0.25, 0.3) is 0 Å². The van der Waals surface area contributed by atoms with Crippen LogP contribution in [-0.2, 0) is 0 Å². The smallest absolute Gasteiger partial charge is 0.0641 e. The van der Waals surface area contributed by atoms with Gasteiger partial charge in [-0.25, -0.2) is 0 Å². The van der Waals surface area contributed by atoms with Crippen molar-refractivity contribution in [2.24, 2.45) is 10.9 Å². The summed E-state index contributed by atoms with van der Waals surface area (Å²) in [4.78, 5) is 9.35. The number of hydrogen-bond acceptors (Lipinski definition) is 2. The second kappa shape index (κ2) is 13.6. The first kappa shape index (κ1) is 31.4. The van der Waals surface area contributed by atoms with Gasteiger partial charge in [-0.1, -0.05) is 142 Å². The fourth-order valence-corrected chi connectivity index (χ4v) is 7.65. The molecule has 242 valence electrons. The molecule has 50 heavy (non-hydrogen) atoms. The minimum atomic E-state index is 0.329. The van der Waals surface area contributed by atoms with E-state index in [0.29, 0.717) is 11.8 Å². The lowest BCUT2D eigenvalue weighted by Crippen LogP contribution is -2.10. The predicted molar refractivity (Wildman–Crippen MR) is 215 cm³/mol. The molecule has 1 heterocycles. The third-order valence-electron chi connectivity index (χ3n) is 9.99. The van der Waals surface area contributed by atoms with E-state index in [4.69, 9.17) is 4.99 Å². The van der Waals surface area contributed by atoms with E-state index >= 15 is 0 Å². The summed E-state index contributed by atoms with van der Waals surface area (Å²) in [5.74, 6) is 0.894. The summed E-state index contributed by atoms with van der Waals surface area (Å²) >= 11 is 0. The molecule has 7 aromatic rings. The zero-order valence-electron chi connectivity index (χ0n) is 28.7. The molecule has 8 rings (SSSR count). The molecule has 0 radical (unpaired) electrons. The summed E-state index contributed by atoms with van der Waals surface area (Å²) in [5, 5.41) is 7.51. The van der Waals surface area contributed by atoms with Crippen LogP contribution >= 0.6 is 0 Å². The van der Waals surface area contributed by atoms with Crippen LogP contribution in [0, 0.1) is 5.92 Å². The molecule has 0 fully saturated rings. The van der Waals surface area contributed by atoms with Gasteiger partial charge in [0, 0.05) is 24.9 Å². The molecule has 0 spiro atoms. The second-order valence-electron chi connectivity index (χ2n) is 13.7. The van der Waals surface area contributed by atoms with Gasteiger partial charge >= 0.3 is 0 Å². The van der Waals surface area contributed by atoms with Crippen LogP contribution in [0.15, 0.2) is 175 Å². The highest BCUT2D eigenvalue weighted by Crippen LogP contribution is 2.44. The van der Waals surface area contributed by atoms with Crippen LogP contribution in [-0.4, -0.2) is 17.2 Å². The monoisotopic (exact) mass is 644 g/mol. The Morgan fingerprint density at radius 3 is 1.82 bits per heavy atom. The highest BCUT2D eigenvalue weighted by molar-refractivity contribution is 6.23. The van der Waals surface area contributed by atoms with E-state index in [0.717, 1.165) is 29.8 Å². The van der Waals surface area contributed by atoms with Crippen molar-refractivity contribution in [2.75, 3.05) is 6.54 Å². The first-order chi connectivity index (χ1) is 24.5. The lowest BCUT2D eigenvalue weighted by Gasteiger charge is -2.21. The lowest BCUT2D eigenvalue weighted by molar-refractivity contribution is 0.505. The number of rotatable bonds is 8. The molecule has 0 aliphatic heterocycles. The van der Waals surface area contributed by atoms with Crippen LogP contribution < -0.4 is 0 Å². The lowest BCUT2D eigenvalue weighted by atomic mass is 9.83. The van der Waals surface area contributed by atoms with E-state index in [1.807, 2.05) is 12.4 Å². The van der Waals surface area contributed by atoms with Gasteiger partial charge in [0.15, 0.2) is 0 Å². The van der Waals surface area contributed by atoms with E-state index in [2.05, 4.69) is 171 Å². The molecule has 1 aliphatic rings. The van der Waals surface area contributed by atoms with Gasteiger partial charge in [0.2, 0.25) is 0 Å². The van der Waals surface area contributed by atoms with Crippen molar-refractivity contribution >= 4 is 43.6 Å². The van der Waals surface area contributed by atoms with Crippen molar-refractivity contribution in [3.05, 3.63) is 181 Å². The van der Waals surface area contributed by atoms with Crippen molar-refractivity contribution in [2.45, 2.75) is 26.2 Å². The summed E-state index contributed by atoms with van der Waals surface area (Å²) in [7, 11) is 0. The number of aromatic nitrogens is 1. The molecule has 6 aromatic carbocycles. The van der Waals surface area contributed by atoms with Crippen molar-refractivity contribution < 1.29 is 0 Å². The van der Waals surface area contributed by atoms with Gasteiger partial charge in [0.1, 0.15) is 0 Å². The molecule has 1 atom stereocenters. The maximum Gasteiger partial charge on any atom is 0.0641 e. The SMILES string of the molecule is C=C1C=C(c2c3ccccc3c(-c3cccc4ccccc34)c3ccccc23)C=CC1=NCC(CC(C)C)c1ccc(-c2ccncc2)cc1. The third kappa shape index (κ3) is 5.99. The minimum Gasteiger partial charge on any atom is -0.284 e. The Bertz CT molecular complexity index is 2400. The maximum atomic E-state index is 5.19. The van der Waals surface area contributed by atoms with Gasteiger partial charge in [-0.05, 0) is 113 Å². The molecule has 0 saturated heterocycles. The van der Waals surface area contributed by atoms with Crippen molar-refractivity contribution in [3.8, 4) is 22.3 Å². The van der Waals surface area contributed by atoms with Crippen molar-refractivity contribution in [3.63, 3.8) is 0 Å². The first-order valence-electron chi connectivity index (χ1n) is 17.6. The van der Waals surface area contributed by atoms with Gasteiger partial charge < -0.3 is 0 Å². The Labute approximate surface area is 294 Å². The Morgan fingerprint density at radius 1 is 0.600 bits per heavy atom. The molecule has 1 aromatic heterocycles. The first-order valence-corrected chi connectivity index (χ1v) is 17.6. The van der Waals surface area contributed by atoms with Gasteiger partial charge in [0.05, 0.1) is 5.71 Å². The Hall–Kier alpha value is -5.86. The molecule has 0 saturated carbocycles. The molecular formula is C48H40N2. The van der Waals surface area contributed by atoms with E-state index < -0.39 is 0 Å². The van der Waals surface area contributed by atoms with E-state index in [1.165, 1.54) is 65.7 Å². The van der Waals surface area contributed by atoms with E-state index in [-0.39, 0.29) is 0 Å². The number of aliphatic imine (C=N–C) groups is 1. The van der Waals surface area contributed by atoms with Crippen LogP contribution in [0.5, 0.6) is 0 Å². The number of fused-ring (bicyclic) bond motifs is 3. The summed E-state index contributed by atoms with van der Waals surface area (Å²) < 4.78 is 0. The Balaban J connectivity index is 1.15. The molecule has 0 N–H and O–H groups in total. The van der Waals surface area contributed by atoms with Crippen molar-refractivity contribution in [1.29, 1.82) is 0 Å². The van der Waals surface area contributed by atoms with Gasteiger partial charge in [-0.15, -0.1) is 0 Å². The maximum absolute atomic E-state index is 5.19. The summed E-state index contributed by atoms with van der Waals surface area (Å²) in [6.07, 6.45) is 11.4. The largest absolute Gasteiger partial charge is 0.284 e. The standard InChI is InChI=1S/C48H40N2/c1-32(2)29-39(35-21-19-34(20-22-35)36-25-27-49-28-26-36)31-50-46-24-23-38(30-33(46)3)47-42-14-6-8-16-44(42)48(45-17-9-7-15-43(45)47)41-18-10-12-37-11-4-5-13-40(37)41/h4-28,30,32,39H,3,29,31H2,1-2H3. The molecule has 1 unspecified atom stereocenters. The Morgan fingerprint density at radius 2 is 1.18 bits per heavy atom. The molecule has 1 aliphatic carbocycles. The second-order valence-corrected chi connectivity index (χ2v) is 13.7. The fraction of sp³-hybridized carbons (Fsp3) is 0.125. The quantitative estimate of drug-likeness (QED) is 0.151. The number of benzene rings is 6. The molecule has 2 nitrogen and oxygen atoms in total. The van der Waals surface area contributed by atoms with Crippen LogP contribution in [0.4, 0.5) is 0 Å². The summed E-state index contributed by atoms with van der Waals surface area (Å²) in [6.45, 7) is 9.83. The number of allylic oxidation sites excluding steroid dienone is 5. The van der Waals surface area contributed by atoms with Gasteiger partial charge in [-0.2, -0.15) is 0 Å². The van der Waals surface area contributed by atoms with E-state index in [9.17, 15) is 0 Å². The minimum absolute atomic E-state index is 0.329. The zero-order chi connectivity index (χ0) is 34.0. The van der Waals surface area contributed by atoms with Crippen LogP contribution in [0.25, 0.3) is 60.1 Å². The average molecular weight is 645 g/mol. The molecule has 0 bridgehead atoms. The van der Waals surface area contributed by atoms with E-state index in [1.54, 1.807) is 0 Å². The molecule has 2 heteroatoms. The van der Waals surface area contributed by atoms with Gasteiger partial charge in [-0.3, -0.25) is 9.98 Å². The van der Waals surface area contributed by atoms with Crippen LogP contribution in [0.2, 0.25) is 0 Å². The van der Waals surface area contributed by atoms with Crippen molar-refractivity contribution in [1.82, 2.24) is 4.98 Å². The zero-order valence-corrected chi connectivity index (χ0v) is 28.7. The normalized spacial score (nSPS) is 14.6. The highest BCUT2D eigenvalue weighted by atomic mass is 14.7. The number of nitrogens with zero attached hydrogens (tertiary/aromatic N) is 2. The molecular weight excluding hydrogens is 605 g/mol. The van der Waals surface area contributed by atoms with Crippen LogP contribution in [0.3, 0.4) is 0 Å². The summed E-state index contributed by atoms with van der Waals surface area (Å²) in [5.41, 5.74) is 10.6. The third-order valence-corrected chi connectivity index (χ3v) is 9.99. The topological polar surface area (TPSA) is 25.2 Å².